The molecule has 7 nitrogen and oxygen atoms in total. The summed E-state index contributed by atoms with van der Waals surface area (Å²) in [6.07, 6.45) is 1.17. The van der Waals surface area contributed by atoms with Crippen molar-refractivity contribution in [1.82, 2.24) is 25.1 Å². The molecule has 0 spiro atoms. The number of hydrazine groups is 1. The van der Waals surface area contributed by atoms with Crippen LogP contribution in [0.15, 0.2) is 24.3 Å². The van der Waals surface area contributed by atoms with Gasteiger partial charge in [-0.2, -0.15) is 0 Å². The number of carbonyl (C=O) groups excluding carboxylic acids is 2. The first kappa shape index (κ1) is 20.2. The van der Waals surface area contributed by atoms with Crippen LogP contribution in [0.1, 0.15) is 27.1 Å². The summed E-state index contributed by atoms with van der Waals surface area (Å²) in [6.45, 7) is 9.96. The van der Waals surface area contributed by atoms with Crippen LogP contribution >= 0.6 is 12.4 Å². The van der Waals surface area contributed by atoms with Gasteiger partial charge < -0.3 is 15.1 Å². The van der Waals surface area contributed by atoms with Crippen molar-refractivity contribution >= 4 is 24.2 Å². The number of piperazine rings is 2. The molecule has 1 N–H and O–H groups in total. The summed E-state index contributed by atoms with van der Waals surface area (Å²) in [6, 6.07) is 7.09. The predicted molar refractivity (Wildman–Crippen MR) is 106 cm³/mol. The highest BCUT2D eigenvalue weighted by Gasteiger charge is 2.39. The molecule has 0 saturated carbocycles. The number of amides is 2. The lowest BCUT2D eigenvalue weighted by Crippen LogP contribution is -2.55. The van der Waals surface area contributed by atoms with Crippen LogP contribution in [-0.2, 0) is 0 Å². The van der Waals surface area contributed by atoms with E-state index in [1.807, 2.05) is 17.1 Å². The first-order chi connectivity index (χ1) is 12.7. The van der Waals surface area contributed by atoms with Gasteiger partial charge in [-0.05, 0) is 31.6 Å². The highest BCUT2D eigenvalue weighted by molar-refractivity contribution is 6.20. The van der Waals surface area contributed by atoms with Crippen LogP contribution in [0.4, 0.5) is 0 Å². The molecule has 2 saturated heterocycles. The second-order valence-electron chi connectivity index (χ2n) is 7.21. The number of rotatable bonds is 5. The normalized spacial score (nSPS) is 22.0. The molecule has 4 rings (SSSR count). The van der Waals surface area contributed by atoms with Crippen molar-refractivity contribution in [2.45, 2.75) is 6.42 Å². The monoisotopic (exact) mass is 393 g/mol. The Bertz CT molecular complexity index is 637. The van der Waals surface area contributed by atoms with E-state index in [2.05, 4.69) is 15.1 Å². The van der Waals surface area contributed by atoms with E-state index in [0.29, 0.717) is 11.1 Å². The third kappa shape index (κ3) is 4.33. The molecule has 3 heterocycles. The minimum atomic E-state index is -0.183. The van der Waals surface area contributed by atoms with Crippen molar-refractivity contribution in [3.8, 4) is 0 Å². The van der Waals surface area contributed by atoms with Gasteiger partial charge in [0.1, 0.15) is 0 Å². The largest absolute Gasteiger partial charge is 0.314 e. The second kappa shape index (κ2) is 9.12. The van der Waals surface area contributed by atoms with Gasteiger partial charge in [0.15, 0.2) is 0 Å². The van der Waals surface area contributed by atoms with Crippen molar-refractivity contribution in [3.05, 3.63) is 35.4 Å². The van der Waals surface area contributed by atoms with E-state index >= 15 is 0 Å². The molecule has 148 valence electrons. The number of fused-ring (bicyclic) bond motifs is 1. The van der Waals surface area contributed by atoms with E-state index in [1.165, 1.54) is 11.4 Å². The Balaban J connectivity index is 0.00000210. The Morgan fingerprint density at radius 2 is 1.30 bits per heavy atom. The summed E-state index contributed by atoms with van der Waals surface area (Å²) < 4.78 is 0. The van der Waals surface area contributed by atoms with Crippen molar-refractivity contribution in [1.29, 1.82) is 0 Å². The standard InChI is InChI=1S/C19H27N5O2.ClH/c25-18-16-4-1-2-5-17(16)19(26)24(18)23-14-12-22(13-15-23)9-3-8-21-10-6-20-7-11-21;/h1-2,4-5,20H,3,6-15H2;1H. The lowest BCUT2D eigenvalue weighted by atomic mass is 10.1. The van der Waals surface area contributed by atoms with Crippen LogP contribution in [0.25, 0.3) is 0 Å². The maximum atomic E-state index is 12.6. The first-order valence-electron chi connectivity index (χ1n) is 9.62. The molecule has 0 atom stereocenters. The fraction of sp³-hybridized carbons (Fsp3) is 0.579. The van der Waals surface area contributed by atoms with Crippen LogP contribution in [0.5, 0.6) is 0 Å². The molecule has 0 aliphatic carbocycles. The lowest BCUT2D eigenvalue weighted by molar-refractivity contribution is -0.0214. The Hall–Kier alpha value is -1.51. The molecule has 2 amide bonds. The molecule has 0 radical (unpaired) electrons. The third-order valence-electron chi connectivity index (χ3n) is 5.56. The zero-order valence-corrected chi connectivity index (χ0v) is 16.4. The van der Waals surface area contributed by atoms with E-state index in [0.717, 1.165) is 65.4 Å². The van der Waals surface area contributed by atoms with Gasteiger partial charge in [0.25, 0.3) is 11.8 Å². The average Bonchev–Trinajstić information content (AvgIpc) is 2.94. The van der Waals surface area contributed by atoms with Crippen LogP contribution in [0, 0.1) is 0 Å². The predicted octanol–water partition coefficient (Wildman–Crippen LogP) is 0.532. The van der Waals surface area contributed by atoms with E-state index in [1.54, 1.807) is 12.1 Å². The molecular weight excluding hydrogens is 366 g/mol. The third-order valence-corrected chi connectivity index (χ3v) is 5.56. The summed E-state index contributed by atoms with van der Waals surface area (Å²) in [5, 5.41) is 6.65. The maximum absolute atomic E-state index is 12.6. The fourth-order valence-electron chi connectivity index (χ4n) is 4.05. The summed E-state index contributed by atoms with van der Waals surface area (Å²) in [7, 11) is 0. The van der Waals surface area contributed by atoms with Gasteiger partial charge in [-0.25, -0.2) is 10.0 Å². The molecule has 1 aromatic carbocycles. The van der Waals surface area contributed by atoms with Gasteiger partial charge in [-0.15, -0.1) is 12.4 Å². The number of halogens is 1. The summed E-state index contributed by atoms with van der Waals surface area (Å²) >= 11 is 0. The van der Waals surface area contributed by atoms with E-state index < -0.39 is 0 Å². The molecule has 0 aromatic heterocycles. The highest BCUT2D eigenvalue weighted by Crippen LogP contribution is 2.24. The number of hydrogen-bond acceptors (Lipinski definition) is 6. The minimum absolute atomic E-state index is 0. The molecule has 3 aliphatic rings. The Morgan fingerprint density at radius 3 is 1.85 bits per heavy atom. The van der Waals surface area contributed by atoms with E-state index in [9.17, 15) is 9.59 Å². The molecule has 0 bridgehead atoms. The van der Waals surface area contributed by atoms with Gasteiger partial charge >= 0.3 is 0 Å². The van der Waals surface area contributed by atoms with Crippen molar-refractivity contribution in [2.24, 2.45) is 0 Å². The zero-order chi connectivity index (χ0) is 17.9. The Morgan fingerprint density at radius 1 is 0.778 bits per heavy atom. The molecule has 8 heteroatoms. The van der Waals surface area contributed by atoms with Gasteiger partial charge in [0.2, 0.25) is 0 Å². The SMILES string of the molecule is Cl.O=C1c2ccccc2C(=O)N1N1CCN(CCCN2CCNCC2)CC1. The minimum Gasteiger partial charge on any atom is -0.314 e. The van der Waals surface area contributed by atoms with Gasteiger partial charge in [0, 0.05) is 52.4 Å². The quantitative estimate of drug-likeness (QED) is 0.736. The summed E-state index contributed by atoms with van der Waals surface area (Å²) in [4.78, 5) is 30.1. The zero-order valence-electron chi connectivity index (χ0n) is 15.6. The highest BCUT2D eigenvalue weighted by atomic mass is 35.5. The van der Waals surface area contributed by atoms with E-state index in [4.69, 9.17) is 0 Å². The average molecular weight is 394 g/mol. The number of nitrogens with zero attached hydrogens (tertiary/aromatic N) is 4. The lowest BCUT2D eigenvalue weighted by Gasteiger charge is -2.38. The molecular formula is C19H28ClN5O2. The van der Waals surface area contributed by atoms with Crippen molar-refractivity contribution < 1.29 is 9.59 Å². The van der Waals surface area contributed by atoms with E-state index in [-0.39, 0.29) is 24.2 Å². The van der Waals surface area contributed by atoms with Gasteiger partial charge in [0.05, 0.1) is 11.1 Å². The van der Waals surface area contributed by atoms with Crippen LogP contribution < -0.4 is 5.32 Å². The molecule has 27 heavy (non-hydrogen) atoms. The van der Waals surface area contributed by atoms with Crippen LogP contribution in [0.2, 0.25) is 0 Å². The number of nitrogens with one attached hydrogen (secondary N) is 1. The maximum Gasteiger partial charge on any atom is 0.276 e. The van der Waals surface area contributed by atoms with Gasteiger partial charge in [-0.1, -0.05) is 12.1 Å². The first-order valence-corrected chi connectivity index (χ1v) is 9.62. The Kier molecular flexibility index (Phi) is 6.83. The topological polar surface area (TPSA) is 59.1 Å². The molecule has 2 fully saturated rings. The summed E-state index contributed by atoms with van der Waals surface area (Å²) in [5.41, 5.74) is 1.05. The number of benzene rings is 1. The fourth-order valence-corrected chi connectivity index (χ4v) is 4.05. The van der Waals surface area contributed by atoms with Crippen molar-refractivity contribution in [2.75, 3.05) is 65.4 Å². The smallest absolute Gasteiger partial charge is 0.276 e. The van der Waals surface area contributed by atoms with Crippen LogP contribution in [0.3, 0.4) is 0 Å². The van der Waals surface area contributed by atoms with Gasteiger partial charge in [-0.3, -0.25) is 9.59 Å². The summed E-state index contributed by atoms with van der Waals surface area (Å²) in [5.74, 6) is -0.365. The van der Waals surface area contributed by atoms with Crippen molar-refractivity contribution in [3.63, 3.8) is 0 Å². The molecule has 0 unspecified atom stereocenters. The number of carbonyl (C=O) groups is 2. The van der Waals surface area contributed by atoms with Crippen LogP contribution in [-0.4, -0.2) is 97.1 Å². The molecule has 3 aliphatic heterocycles. The second-order valence-corrected chi connectivity index (χ2v) is 7.21. The molecule has 1 aromatic rings. The number of hydrogen-bond donors (Lipinski definition) is 1. The number of imide groups is 1. The Labute approximate surface area is 166 Å².